The van der Waals surface area contributed by atoms with Crippen LogP contribution in [0.3, 0.4) is 0 Å². The van der Waals surface area contributed by atoms with E-state index in [2.05, 4.69) is 16.8 Å². The molecule has 0 N–H and O–H groups in total. The van der Waals surface area contributed by atoms with Gasteiger partial charge in [-0.05, 0) is 12.0 Å². The van der Waals surface area contributed by atoms with Crippen molar-refractivity contribution < 1.29 is 4.92 Å². The number of hydrogen-bond acceptors (Lipinski definition) is 4. The predicted molar refractivity (Wildman–Crippen MR) is 43.4 cm³/mol. The highest BCUT2D eigenvalue weighted by Gasteiger charge is 2.03. The SMILES string of the molecule is N#CC#Cc1ccc([N+](=O)[O-])cn1. The number of pyridine rings is 1. The lowest BCUT2D eigenvalue weighted by Gasteiger charge is -1.89. The maximum Gasteiger partial charge on any atom is 0.287 e. The van der Waals surface area contributed by atoms with Crippen LogP contribution in [0.15, 0.2) is 18.3 Å². The number of nitrogens with zero attached hydrogens (tertiary/aromatic N) is 3. The molecule has 0 aromatic carbocycles. The van der Waals surface area contributed by atoms with E-state index in [1.165, 1.54) is 12.1 Å². The van der Waals surface area contributed by atoms with E-state index in [9.17, 15) is 10.1 Å². The average Bonchev–Trinajstić information content (AvgIpc) is 2.15. The van der Waals surface area contributed by atoms with Crippen LogP contribution in [0.4, 0.5) is 5.69 Å². The molecule has 0 aliphatic heterocycles. The quantitative estimate of drug-likeness (QED) is 0.358. The summed E-state index contributed by atoms with van der Waals surface area (Å²) < 4.78 is 0. The lowest BCUT2D eigenvalue weighted by molar-refractivity contribution is -0.385. The Labute approximate surface area is 73.8 Å². The second-order valence-electron chi connectivity index (χ2n) is 2.02. The van der Waals surface area contributed by atoms with Gasteiger partial charge >= 0.3 is 0 Å². The van der Waals surface area contributed by atoms with Gasteiger partial charge in [0.15, 0.2) is 6.07 Å². The summed E-state index contributed by atoms with van der Waals surface area (Å²) in [4.78, 5) is 13.3. The number of aromatic nitrogens is 1. The molecule has 1 heterocycles. The highest BCUT2D eigenvalue weighted by Crippen LogP contribution is 2.07. The van der Waals surface area contributed by atoms with E-state index in [0.717, 1.165) is 6.20 Å². The van der Waals surface area contributed by atoms with Crippen molar-refractivity contribution in [3.8, 4) is 17.9 Å². The summed E-state index contributed by atoms with van der Waals surface area (Å²) in [5.74, 6) is 4.55. The van der Waals surface area contributed by atoms with E-state index in [4.69, 9.17) is 5.26 Å². The second-order valence-corrected chi connectivity index (χ2v) is 2.02. The van der Waals surface area contributed by atoms with Gasteiger partial charge in [0.05, 0.1) is 4.92 Å². The Hall–Kier alpha value is -2.40. The van der Waals surface area contributed by atoms with Crippen molar-refractivity contribution >= 4 is 5.69 Å². The molecule has 0 aliphatic carbocycles. The Morgan fingerprint density at radius 3 is 2.77 bits per heavy atom. The molecule has 5 heteroatoms. The van der Waals surface area contributed by atoms with E-state index in [1.807, 2.05) is 0 Å². The number of nitro groups is 1. The largest absolute Gasteiger partial charge is 0.287 e. The van der Waals surface area contributed by atoms with Crippen LogP contribution in [0, 0.1) is 33.3 Å². The van der Waals surface area contributed by atoms with Crippen LogP contribution in [0.25, 0.3) is 0 Å². The molecule has 1 aromatic rings. The fourth-order valence-electron chi connectivity index (χ4n) is 0.660. The zero-order valence-corrected chi connectivity index (χ0v) is 6.39. The zero-order chi connectivity index (χ0) is 9.68. The third-order valence-electron chi connectivity index (χ3n) is 1.21. The summed E-state index contributed by atoms with van der Waals surface area (Å²) in [6.07, 6.45) is 1.10. The summed E-state index contributed by atoms with van der Waals surface area (Å²) in [7, 11) is 0. The maximum atomic E-state index is 10.2. The minimum atomic E-state index is -0.547. The molecular formula is C8H3N3O2. The topological polar surface area (TPSA) is 79.8 Å². The normalized spacial score (nSPS) is 7.92. The highest BCUT2D eigenvalue weighted by molar-refractivity contribution is 5.36. The fraction of sp³-hybridized carbons (Fsp3) is 0. The van der Waals surface area contributed by atoms with Crippen molar-refractivity contribution in [3.63, 3.8) is 0 Å². The Balaban J connectivity index is 2.95. The molecule has 5 nitrogen and oxygen atoms in total. The molecule has 1 rings (SSSR count). The average molecular weight is 173 g/mol. The molecule has 0 saturated heterocycles. The first-order valence-electron chi connectivity index (χ1n) is 3.24. The Bertz CT molecular complexity index is 419. The van der Waals surface area contributed by atoms with Gasteiger partial charge in [0.25, 0.3) is 5.69 Å². The first-order valence-corrected chi connectivity index (χ1v) is 3.24. The van der Waals surface area contributed by atoms with Gasteiger partial charge in [0.2, 0.25) is 0 Å². The Kier molecular flexibility index (Phi) is 2.57. The van der Waals surface area contributed by atoms with Crippen LogP contribution in [-0.2, 0) is 0 Å². The Morgan fingerprint density at radius 1 is 1.54 bits per heavy atom. The van der Waals surface area contributed by atoms with Crippen LogP contribution >= 0.6 is 0 Å². The van der Waals surface area contributed by atoms with Gasteiger partial charge in [0.1, 0.15) is 11.9 Å². The van der Waals surface area contributed by atoms with Crippen molar-refractivity contribution in [3.05, 3.63) is 34.1 Å². The van der Waals surface area contributed by atoms with Crippen LogP contribution < -0.4 is 0 Å². The smallest absolute Gasteiger partial charge is 0.258 e. The van der Waals surface area contributed by atoms with Gasteiger partial charge in [-0.15, -0.1) is 0 Å². The summed E-state index contributed by atoms with van der Waals surface area (Å²) in [5, 5.41) is 18.3. The number of rotatable bonds is 1. The molecule has 0 spiro atoms. The fourth-order valence-corrected chi connectivity index (χ4v) is 0.660. The molecule has 0 aliphatic rings. The van der Waals surface area contributed by atoms with Crippen molar-refractivity contribution in [2.75, 3.05) is 0 Å². The van der Waals surface area contributed by atoms with E-state index in [0.29, 0.717) is 5.69 Å². The third-order valence-corrected chi connectivity index (χ3v) is 1.21. The van der Waals surface area contributed by atoms with E-state index in [-0.39, 0.29) is 5.69 Å². The van der Waals surface area contributed by atoms with Crippen molar-refractivity contribution in [2.24, 2.45) is 0 Å². The van der Waals surface area contributed by atoms with Crippen molar-refractivity contribution in [2.45, 2.75) is 0 Å². The first kappa shape index (κ1) is 8.69. The summed E-state index contributed by atoms with van der Waals surface area (Å²) in [5.41, 5.74) is 0.245. The summed E-state index contributed by atoms with van der Waals surface area (Å²) in [6, 6.07) is 4.30. The second kappa shape index (κ2) is 3.84. The van der Waals surface area contributed by atoms with Crippen LogP contribution in [-0.4, -0.2) is 9.91 Å². The van der Waals surface area contributed by atoms with Gasteiger partial charge in [-0.25, -0.2) is 4.98 Å². The molecule has 0 unspecified atom stereocenters. The summed E-state index contributed by atoms with van der Waals surface area (Å²) >= 11 is 0. The molecule has 13 heavy (non-hydrogen) atoms. The van der Waals surface area contributed by atoms with Gasteiger partial charge in [-0.2, -0.15) is 5.26 Å². The lowest BCUT2D eigenvalue weighted by atomic mass is 10.3. The zero-order valence-electron chi connectivity index (χ0n) is 6.39. The lowest BCUT2D eigenvalue weighted by Crippen LogP contribution is -1.89. The minimum absolute atomic E-state index is 0.0949. The van der Waals surface area contributed by atoms with Gasteiger partial charge in [0, 0.05) is 12.0 Å². The predicted octanol–water partition coefficient (Wildman–Crippen LogP) is 0.865. The van der Waals surface area contributed by atoms with Crippen LogP contribution in [0.5, 0.6) is 0 Å². The van der Waals surface area contributed by atoms with Crippen LogP contribution in [0.1, 0.15) is 5.69 Å². The van der Waals surface area contributed by atoms with Gasteiger partial charge in [-0.1, -0.05) is 0 Å². The molecule has 0 fully saturated rings. The van der Waals surface area contributed by atoms with E-state index < -0.39 is 4.92 Å². The number of nitriles is 1. The maximum absolute atomic E-state index is 10.2. The van der Waals surface area contributed by atoms with E-state index >= 15 is 0 Å². The molecular weight excluding hydrogens is 170 g/mol. The molecule has 0 bridgehead atoms. The molecule has 0 radical (unpaired) electrons. The molecule has 0 amide bonds. The molecule has 0 atom stereocenters. The van der Waals surface area contributed by atoms with Gasteiger partial charge in [-0.3, -0.25) is 10.1 Å². The highest BCUT2D eigenvalue weighted by atomic mass is 16.6. The van der Waals surface area contributed by atoms with Gasteiger partial charge < -0.3 is 0 Å². The standard InChI is InChI=1S/C8H3N3O2/c9-5-1-2-7-3-4-8(6-10-7)11(12)13/h3-4,6H. The Morgan fingerprint density at radius 2 is 2.31 bits per heavy atom. The molecule has 62 valence electrons. The van der Waals surface area contributed by atoms with Crippen molar-refractivity contribution in [1.29, 1.82) is 5.26 Å². The third kappa shape index (κ3) is 2.28. The molecule has 0 saturated carbocycles. The number of hydrogen-bond donors (Lipinski definition) is 0. The molecule has 1 aromatic heterocycles. The first-order chi connectivity index (χ1) is 6.24. The van der Waals surface area contributed by atoms with Crippen molar-refractivity contribution in [1.82, 2.24) is 4.98 Å². The van der Waals surface area contributed by atoms with E-state index in [1.54, 1.807) is 6.07 Å². The van der Waals surface area contributed by atoms with Crippen LogP contribution in [0.2, 0.25) is 0 Å². The minimum Gasteiger partial charge on any atom is -0.258 e. The monoisotopic (exact) mass is 173 g/mol. The summed E-state index contributed by atoms with van der Waals surface area (Å²) in [6.45, 7) is 0.